The minimum Gasteiger partial charge on any atom is -0.456 e. The number of rotatable bonds is 0. The Kier molecular flexibility index (Phi) is 2.13. The van der Waals surface area contributed by atoms with E-state index in [0.717, 1.165) is 22.8 Å². The summed E-state index contributed by atoms with van der Waals surface area (Å²) in [5.74, 6) is 1.56. The maximum Gasteiger partial charge on any atom is 0.135 e. The highest BCUT2D eigenvalue weighted by atomic mass is 16.3. The summed E-state index contributed by atoms with van der Waals surface area (Å²) in [6.07, 6.45) is 5.99. The molecule has 82 valence electrons. The SMILES string of the molecule is C1=c2oc3ccccc3c2=CC2CC12.CC. The van der Waals surface area contributed by atoms with Gasteiger partial charge in [-0.1, -0.05) is 38.1 Å². The average molecular weight is 212 g/mol. The molecule has 1 aromatic carbocycles. The lowest BCUT2D eigenvalue weighted by molar-refractivity contribution is 0.571. The fourth-order valence-electron chi connectivity index (χ4n) is 2.41. The van der Waals surface area contributed by atoms with Crippen LogP contribution in [0.3, 0.4) is 0 Å². The van der Waals surface area contributed by atoms with E-state index in [-0.39, 0.29) is 0 Å². The van der Waals surface area contributed by atoms with Gasteiger partial charge in [-0.25, -0.2) is 0 Å². The van der Waals surface area contributed by atoms with E-state index in [1.165, 1.54) is 17.0 Å². The van der Waals surface area contributed by atoms with Gasteiger partial charge in [0.2, 0.25) is 0 Å². The standard InChI is InChI=1S/C13H10O.C2H6/c1-2-4-12-10(3-1)11-6-8-5-9(8)7-13(11)14-12;1-2/h1-4,6-9H,5H2;1-2H3. The molecule has 2 aliphatic rings. The first-order chi connectivity index (χ1) is 7.92. The van der Waals surface area contributed by atoms with E-state index in [0.29, 0.717) is 0 Å². The summed E-state index contributed by atoms with van der Waals surface area (Å²) in [7, 11) is 0. The molecule has 1 fully saturated rings. The second-order valence-electron chi connectivity index (χ2n) is 4.27. The first-order valence-electron chi connectivity index (χ1n) is 6.13. The molecule has 0 radical (unpaired) electrons. The Balaban J connectivity index is 0.000000386. The molecule has 1 nitrogen and oxygen atoms in total. The van der Waals surface area contributed by atoms with Gasteiger partial charge in [-0.2, -0.15) is 0 Å². The van der Waals surface area contributed by atoms with Gasteiger partial charge in [0.05, 0.1) is 0 Å². The molecule has 0 saturated heterocycles. The van der Waals surface area contributed by atoms with Crippen molar-refractivity contribution in [2.24, 2.45) is 11.8 Å². The fraction of sp³-hybridized carbons (Fsp3) is 0.333. The first-order valence-corrected chi connectivity index (χ1v) is 6.13. The largest absolute Gasteiger partial charge is 0.456 e. The zero-order chi connectivity index (χ0) is 11.1. The quantitative estimate of drug-likeness (QED) is 0.654. The summed E-state index contributed by atoms with van der Waals surface area (Å²) in [6, 6.07) is 8.29. The maximum atomic E-state index is 5.80. The molecular weight excluding hydrogens is 196 g/mol. The van der Waals surface area contributed by atoms with Crippen molar-refractivity contribution in [3.8, 4) is 0 Å². The second kappa shape index (κ2) is 3.51. The van der Waals surface area contributed by atoms with Crippen LogP contribution in [0.1, 0.15) is 20.3 Å². The van der Waals surface area contributed by atoms with E-state index >= 15 is 0 Å². The molecule has 2 aliphatic carbocycles. The molecule has 1 aromatic heterocycles. The molecule has 2 unspecified atom stereocenters. The highest BCUT2D eigenvalue weighted by Gasteiger charge is 2.35. The maximum absolute atomic E-state index is 5.80. The third-order valence-corrected chi connectivity index (χ3v) is 3.30. The zero-order valence-corrected chi connectivity index (χ0v) is 9.73. The second-order valence-corrected chi connectivity index (χ2v) is 4.27. The van der Waals surface area contributed by atoms with Gasteiger partial charge < -0.3 is 4.42 Å². The fourth-order valence-corrected chi connectivity index (χ4v) is 2.41. The third-order valence-electron chi connectivity index (χ3n) is 3.30. The summed E-state index contributed by atoms with van der Waals surface area (Å²) >= 11 is 0. The lowest BCUT2D eigenvalue weighted by Crippen LogP contribution is -2.22. The van der Waals surface area contributed by atoms with Crippen molar-refractivity contribution in [2.75, 3.05) is 0 Å². The number of furan rings is 1. The molecule has 16 heavy (non-hydrogen) atoms. The average Bonchev–Trinajstić information content (AvgIpc) is 3.01. The Bertz CT molecular complexity index is 633. The van der Waals surface area contributed by atoms with Crippen molar-refractivity contribution >= 4 is 23.1 Å². The molecule has 2 aromatic rings. The van der Waals surface area contributed by atoms with Crippen LogP contribution in [-0.2, 0) is 0 Å². The van der Waals surface area contributed by atoms with Crippen molar-refractivity contribution in [2.45, 2.75) is 20.3 Å². The molecule has 4 rings (SSSR count). The number of hydrogen-bond acceptors (Lipinski definition) is 1. The van der Waals surface area contributed by atoms with Crippen LogP contribution in [0.2, 0.25) is 0 Å². The molecule has 1 heteroatoms. The van der Waals surface area contributed by atoms with Crippen molar-refractivity contribution in [1.82, 2.24) is 0 Å². The Morgan fingerprint density at radius 2 is 1.81 bits per heavy atom. The van der Waals surface area contributed by atoms with Crippen molar-refractivity contribution in [3.63, 3.8) is 0 Å². The lowest BCUT2D eigenvalue weighted by Gasteiger charge is -1.90. The smallest absolute Gasteiger partial charge is 0.135 e. The van der Waals surface area contributed by atoms with Crippen LogP contribution in [-0.4, -0.2) is 0 Å². The van der Waals surface area contributed by atoms with E-state index in [1.807, 2.05) is 26.0 Å². The summed E-state index contributed by atoms with van der Waals surface area (Å²) in [6.45, 7) is 4.00. The van der Waals surface area contributed by atoms with Crippen molar-refractivity contribution < 1.29 is 4.42 Å². The lowest BCUT2D eigenvalue weighted by atomic mass is 10.1. The Morgan fingerprint density at radius 1 is 1.06 bits per heavy atom. The minimum atomic E-state index is 0.767. The highest BCUT2D eigenvalue weighted by Crippen LogP contribution is 2.42. The monoisotopic (exact) mass is 212 g/mol. The van der Waals surface area contributed by atoms with Crippen LogP contribution in [0.25, 0.3) is 23.1 Å². The molecule has 1 saturated carbocycles. The van der Waals surface area contributed by atoms with Gasteiger partial charge in [0.25, 0.3) is 0 Å². The van der Waals surface area contributed by atoms with Gasteiger partial charge in [-0.3, -0.25) is 0 Å². The van der Waals surface area contributed by atoms with Gasteiger partial charge in [0, 0.05) is 10.6 Å². The topological polar surface area (TPSA) is 13.1 Å². The van der Waals surface area contributed by atoms with Gasteiger partial charge in [-0.15, -0.1) is 0 Å². The normalized spacial score (nSPS) is 24.4. The van der Waals surface area contributed by atoms with E-state index in [9.17, 15) is 0 Å². The molecule has 0 amide bonds. The minimum absolute atomic E-state index is 0.767. The Labute approximate surface area is 95.1 Å². The zero-order valence-electron chi connectivity index (χ0n) is 9.73. The van der Waals surface area contributed by atoms with Gasteiger partial charge in [-0.05, 0) is 30.4 Å². The number of para-hydroxylation sites is 1. The molecule has 1 heterocycles. The van der Waals surface area contributed by atoms with E-state index in [4.69, 9.17) is 4.42 Å². The highest BCUT2D eigenvalue weighted by molar-refractivity contribution is 5.80. The van der Waals surface area contributed by atoms with Crippen LogP contribution >= 0.6 is 0 Å². The summed E-state index contributed by atoms with van der Waals surface area (Å²) in [5.41, 5.74) is 2.11. The van der Waals surface area contributed by atoms with Gasteiger partial charge >= 0.3 is 0 Å². The van der Waals surface area contributed by atoms with Crippen LogP contribution in [0.4, 0.5) is 0 Å². The van der Waals surface area contributed by atoms with E-state index in [2.05, 4.69) is 24.3 Å². The van der Waals surface area contributed by atoms with Gasteiger partial charge in [0.1, 0.15) is 11.0 Å². The molecule has 0 spiro atoms. The van der Waals surface area contributed by atoms with Crippen LogP contribution in [0, 0.1) is 11.8 Å². The molecule has 2 atom stereocenters. The summed E-state index contributed by atoms with van der Waals surface area (Å²) in [5, 5.41) is 2.59. The summed E-state index contributed by atoms with van der Waals surface area (Å²) in [4.78, 5) is 0. The molecule has 0 N–H and O–H groups in total. The Morgan fingerprint density at radius 3 is 2.69 bits per heavy atom. The van der Waals surface area contributed by atoms with E-state index < -0.39 is 0 Å². The van der Waals surface area contributed by atoms with Gasteiger partial charge in [0.15, 0.2) is 0 Å². The summed E-state index contributed by atoms with van der Waals surface area (Å²) < 4.78 is 5.80. The third kappa shape index (κ3) is 1.31. The number of hydrogen-bond donors (Lipinski definition) is 0. The molecule has 0 bridgehead atoms. The van der Waals surface area contributed by atoms with E-state index in [1.54, 1.807) is 0 Å². The van der Waals surface area contributed by atoms with Crippen molar-refractivity contribution in [3.05, 3.63) is 34.9 Å². The van der Waals surface area contributed by atoms with Crippen LogP contribution in [0.15, 0.2) is 28.7 Å². The first kappa shape index (κ1) is 9.71. The molecular formula is C15H16O. The number of benzene rings is 1. The predicted octanol–water partition coefficient (Wildman–Crippen LogP) is 2.67. The van der Waals surface area contributed by atoms with Crippen molar-refractivity contribution in [1.29, 1.82) is 0 Å². The predicted molar refractivity (Wildman–Crippen MR) is 67.3 cm³/mol. The Hall–Kier alpha value is -1.50. The number of fused-ring (bicyclic) bond motifs is 4. The van der Waals surface area contributed by atoms with Crippen LogP contribution < -0.4 is 10.6 Å². The van der Waals surface area contributed by atoms with Crippen LogP contribution in [0.5, 0.6) is 0 Å². The molecule has 0 aliphatic heterocycles.